The van der Waals surface area contributed by atoms with Gasteiger partial charge in [0.25, 0.3) is 0 Å². The summed E-state index contributed by atoms with van der Waals surface area (Å²) in [6, 6.07) is 8.53. The van der Waals surface area contributed by atoms with E-state index in [1.54, 1.807) is 36.4 Å². The lowest BCUT2D eigenvalue weighted by Crippen LogP contribution is -2.29. The molecule has 0 aliphatic carbocycles. The van der Waals surface area contributed by atoms with Crippen LogP contribution in [0.25, 0.3) is 0 Å². The van der Waals surface area contributed by atoms with E-state index in [1.165, 1.54) is 0 Å². The van der Waals surface area contributed by atoms with Gasteiger partial charge in [-0.05, 0) is 24.5 Å². The van der Waals surface area contributed by atoms with Crippen LogP contribution >= 0.6 is 0 Å². The zero-order valence-electron chi connectivity index (χ0n) is 10.9. The van der Waals surface area contributed by atoms with Gasteiger partial charge in [-0.15, -0.1) is 0 Å². The number of allylic oxidation sites excluding steroid dienone is 1. The van der Waals surface area contributed by atoms with Crippen LogP contribution in [0.15, 0.2) is 42.5 Å². The quantitative estimate of drug-likeness (QED) is 0.487. The Balaban J connectivity index is 2.65. The van der Waals surface area contributed by atoms with Crippen molar-refractivity contribution in [2.24, 2.45) is 0 Å². The molecule has 0 amide bonds. The van der Waals surface area contributed by atoms with E-state index in [9.17, 15) is 13.9 Å². The summed E-state index contributed by atoms with van der Waals surface area (Å²) < 4.78 is 27.1. The summed E-state index contributed by atoms with van der Waals surface area (Å²) in [5.74, 6) is 0.773. The normalized spacial score (nSPS) is 13.1. The maximum atomic E-state index is 13.5. The fourth-order valence-corrected chi connectivity index (χ4v) is 1.42. The second-order valence-electron chi connectivity index (χ2n) is 4.25. The van der Waals surface area contributed by atoms with E-state index in [4.69, 9.17) is 0 Å². The van der Waals surface area contributed by atoms with Crippen molar-refractivity contribution in [1.82, 2.24) is 0 Å². The van der Waals surface area contributed by atoms with Crippen molar-refractivity contribution in [2.45, 2.75) is 38.2 Å². The van der Waals surface area contributed by atoms with Gasteiger partial charge in [0.2, 0.25) is 0 Å². The third-order valence-corrected chi connectivity index (χ3v) is 2.56. The van der Waals surface area contributed by atoms with Gasteiger partial charge in [0.15, 0.2) is 0 Å². The second-order valence-corrected chi connectivity index (χ2v) is 4.25. The molecule has 19 heavy (non-hydrogen) atoms. The number of aliphatic hydroxyl groups is 1. The highest BCUT2D eigenvalue weighted by Crippen LogP contribution is 2.19. The highest BCUT2D eigenvalue weighted by atomic mass is 19.3. The summed E-state index contributed by atoms with van der Waals surface area (Å²) in [6.07, 6.45) is 3.44. The van der Waals surface area contributed by atoms with Crippen molar-refractivity contribution in [3.8, 4) is 11.8 Å². The minimum atomic E-state index is -3.43. The molecule has 0 bridgehead atoms. The molecule has 1 aromatic rings. The molecule has 1 unspecified atom stereocenters. The van der Waals surface area contributed by atoms with Gasteiger partial charge < -0.3 is 5.11 Å². The molecule has 102 valence electrons. The van der Waals surface area contributed by atoms with Gasteiger partial charge in [-0.25, -0.2) is 0 Å². The van der Waals surface area contributed by atoms with E-state index in [0.717, 1.165) is 18.9 Å². The smallest absolute Gasteiger partial charge is 0.337 e. The zero-order chi connectivity index (χ0) is 14.1. The van der Waals surface area contributed by atoms with E-state index in [-0.39, 0.29) is 0 Å². The number of rotatable bonds is 5. The monoisotopic (exact) mass is 264 g/mol. The van der Waals surface area contributed by atoms with Crippen molar-refractivity contribution in [3.05, 3.63) is 48.0 Å². The van der Waals surface area contributed by atoms with E-state index < -0.39 is 12.0 Å². The SMILES string of the molecule is CCCC/C=C/C(O)C(F)(F)C#Cc1ccccc1. The molecule has 0 aromatic heterocycles. The van der Waals surface area contributed by atoms with E-state index in [2.05, 4.69) is 5.92 Å². The number of hydrogen-bond donors (Lipinski definition) is 1. The average molecular weight is 264 g/mol. The highest BCUT2D eigenvalue weighted by Gasteiger charge is 2.34. The van der Waals surface area contributed by atoms with Crippen LogP contribution in [0, 0.1) is 11.8 Å². The first-order valence-corrected chi connectivity index (χ1v) is 6.37. The first-order valence-electron chi connectivity index (χ1n) is 6.37. The third kappa shape index (κ3) is 5.67. The lowest BCUT2D eigenvalue weighted by atomic mass is 10.1. The Morgan fingerprint density at radius 1 is 1.32 bits per heavy atom. The van der Waals surface area contributed by atoms with E-state index in [0.29, 0.717) is 12.0 Å². The molecule has 1 atom stereocenters. The molecule has 0 aliphatic heterocycles. The van der Waals surface area contributed by atoms with Crippen LogP contribution in [-0.2, 0) is 0 Å². The van der Waals surface area contributed by atoms with Gasteiger partial charge >= 0.3 is 5.92 Å². The second kappa shape index (κ2) is 7.70. The molecule has 0 spiro atoms. The maximum absolute atomic E-state index is 13.5. The Labute approximate surface area is 113 Å². The molecule has 0 aliphatic rings. The first-order chi connectivity index (χ1) is 9.06. The van der Waals surface area contributed by atoms with Gasteiger partial charge in [0.05, 0.1) is 0 Å². The molecule has 0 saturated heterocycles. The van der Waals surface area contributed by atoms with Gasteiger partial charge in [0, 0.05) is 5.56 Å². The van der Waals surface area contributed by atoms with Crippen molar-refractivity contribution >= 4 is 0 Å². The van der Waals surface area contributed by atoms with Gasteiger partial charge in [-0.1, -0.05) is 56.0 Å². The molecule has 1 aromatic carbocycles. The minimum Gasteiger partial charge on any atom is -0.382 e. The predicted molar refractivity (Wildman–Crippen MR) is 72.9 cm³/mol. The number of unbranched alkanes of at least 4 members (excludes halogenated alkanes) is 2. The largest absolute Gasteiger partial charge is 0.382 e. The van der Waals surface area contributed by atoms with Crippen molar-refractivity contribution in [1.29, 1.82) is 0 Å². The first kappa shape index (κ1) is 15.4. The van der Waals surface area contributed by atoms with Crippen LogP contribution < -0.4 is 0 Å². The summed E-state index contributed by atoms with van der Waals surface area (Å²) in [5, 5.41) is 9.41. The average Bonchev–Trinajstić information content (AvgIpc) is 2.42. The minimum absolute atomic E-state index is 0.504. The summed E-state index contributed by atoms with van der Waals surface area (Å²) in [4.78, 5) is 0. The molecule has 0 saturated carbocycles. The van der Waals surface area contributed by atoms with E-state index >= 15 is 0 Å². The lowest BCUT2D eigenvalue weighted by molar-refractivity contribution is -0.0367. The summed E-state index contributed by atoms with van der Waals surface area (Å²) >= 11 is 0. The van der Waals surface area contributed by atoms with Gasteiger partial charge in [-0.3, -0.25) is 0 Å². The summed E-state index contributed by atoms with van der Waals surface area (Å²) in [5.41, 5.74) is 0.504. The Bertz CT molecular complexity index is 455. The number of halogens is 2. The van der Waals surface area contributed by atoms with Crippen molar-refractivity contribution < 1.29 is 13.9 Å². The van der Waals surface area contributed by atoms with Crippen LogP contribution in [0.5, 0.6) is 0 Å². The van der Waals surface area contributed by atoms with E-state index in [1.807, 2.05) is 12.8 Å². The van der Waals surface area contributed by atoms with Crippen LogP contribution in [-0.4, -0.2) is 17.1 Å². The van der Waals surface area contributed by atoms with Crippen LogP contribution in [0.3, 0.4) is 0 Å². The van der Waals surface area contributed by atoms with Gasteiger partial charge in [0.1, 0.15) is 6.10 Å². The summed E-state index contributed by atoms with van der Waals surface area (Å²) in [7, 11) is 0. The molecule has 3 heteroatoms. The molecule has 1 N–H and O–H groups in total. The van der Waals surface area contributed by atoms with Crippen molar-refractivity contribution in [2.75, 3.05) is 0 Å². The Hall–Kier alpha value is -1.66. The Morgan fingerprint density at radius 2 is 2.00 bits per heavy atom. The standard InChI is InChI=1S/C16H18F2O/c1-2-3-4-8-11-15(19)16(17,18)13-12-14-9-6-5-7-10-14/h5-11,15,19H,2-4H2,1H3/b11-8+. The Morgan fingerprint density at radius 3 is 2.63 bits per heavy atom. The Kier molecular flexibility index (Phi) is 6.24. The zero-order valence-corrected chi connectivity index (χ0v) is 10.9. The summed E-state index contributed by atoms with van der Waals surface area (Å²) in [6.45, 7) is 2.02. The molecule has 0 radical (unpaired) electrons. The molecule has 1 rings (SSSR count). The maximum Gasteiger partial charge on any atom is 0.337 e. The molecular weight excluding hydrogens is 246 g/mol. The van der Waals surface area contributed by atoms with Crippen molar-refractivity contribution in [3.63, 3.8) is 0 Å². The van der Waals surface area contributed by atoms with Crippen LogP contribution in [0.4, 0.5) is 8.78 Å². The van der Waals surface area contributed by atoms with Crippen LogP contribution in [0.1, 0.15) is 31.7 Å². The predicted octanol–water partition coefficient (Wildman–Crippen LogP) is 3.78. The number of benzene rings is 1. The topological polar surface area (TPSA) is 20.2 Å². The molecular formula is C16H18F2O. The molecule has 0 fully saturated rings. The number of hydrogen-bond acceptors (Lipinski definition) is 1. The van der Waals surface area contributed by atoms with Gasteiger partial charge in [-0.2, -0.15) is 8.78 Å². The third-order valence-electron chi connectivity index (χ3n) is 2.56. The number of alkyl halides is 2. The van der Waals surface area contributed by atoms with Crippen LogP contribution in [0.2, 0.25) is 0 Å². The number of aliphatic hydroxyl groups excluding tert-OH is 1. The fraction of sp³-hybridized carbons (Fsp3) is 0.375. The fourth-order valence-electron chi connectivity index (χ4n) is 1.42. The lowest BCUT2D eigenvalue weighted by Gasteiger charge is -2.13. The highest BCUT2D eigenvalue weighted by molar-refractivity contribution is 5.35. The molecule has 0 heterocycles. The molecule has 1 nitrogen and oxygen atoms in total.